The molecule has 2 aromatic heterocycles. The predicted molar refractivity (Wildman–Crippen MR) is 101 cm³/mol. The Balaban J connectivity index is 2.24. The van der Waals surface area contributed by atoms with Crippen LogP contribution >= 0.6 is 0 Å². The van der Waals surface area contributed by atoms with Crippen LogP contribution in [0.5, 0.6) is 6.01 Å². The van der Waals surface area contributed by atoms with Crippen LogP contribution in [0.1, 0.15) is 25.3 Å². The lowest BCUT2D eigenvalue weighted by atomic mass is 10.2. The van der Waals surface area contributed by atoms with Crippen molar-refractivity contribution in [2.75, 3.05) is 13.2 Å². The largest absolute Gasteiger partial charge is 0.456 e. The van der Waals surface area contributed by atoms with Crippen LogP contribution in [-0.4, -0.2) is 32.4 Å². The monoisotopic (exact) mass is 373 g/mol. The number of fused-ring (bicyclic) bond motifs is 1. The summed E-state index contributed by atoms with van der Waals surface area (Å²) in [6.45, 7) is 3.01. The summed E-state index contributed by atoms with van der Waals surface area (Å²) in [7, 11) is 1.62. The molecule has 0 aliphatic heterocycles. The molecule has 3 rings (SSSR count). The van der Waals surface area contributed by atoms with Crippen molar-refractivity contribution < 1.29 is 14.4 Å². The number of nitrogens with zero attached hydrogens (tertiary/aromatic N) is 3. The number of imidazole rings is 1. The summed E-state index contributed by atoms with van der Waals surface area (Å²) < 4.78 is 10.2. The zero-order chi connectivity index (χ0) is 19.4. The quantitative estimate of drug-likeness (QED) is 0.564. The van der Waals surface area contributed by atoms with Gasteiger partial charge in [-0.2, -0.15) is 9.55 Å². The minimum absolute atomic E-state index is 0.0877. The number of benzene rings is 1. The van der Waals surface area contributed by atoms with Gasteiger partial charge in [-0.3, -0.25) is 13.9 Å². The minimum atomic E-state index is -0.420. The highest BCUT2D eigenvalue weighted by Crippen LogP contribution is 2.11. The van der Waals surface area contributed by atoms with Crippen molar-refractivity contribution in [3.63, 3.8) is 0 Å². The Hall–Kier alpha value is -2.87. The van der Waals surface area contributed by atoms with Crippen molar-refractivity contribution in [3.8, 4) is 6.01 Å². The first-order chi connectivity index (χ1) is 13.1. The topological polar surface area (TPSA) is 93.1 Å². The lowest BCUT2D eigenvalue weighted by Crippen LogP contribution is -2.45. The minimum Gasteiger partial charge on any atom is -0.431 e. The van der Waals surface area contributed by atoms with E-state index < -0.39 is 5.69 Å². The van der Waals surface area contributed by atoms with Crippen LogP contribution in [0.25, 0.3) is 11.2 Å². The van der Waals surface area contributed by atoms with Crippen molar-refractivity contribution in [1.82, 2.24) is 14.1 Å². The maximum Gasteiger partial charge on any atom is 0.456 e. The number of rotatable bonds is 8. The molecule has 0 saturated carbocycles. The van der Waals surface area contributed by atoms with Crippen LogP contribution in [0.2, 0.25) is 0 Å². The zero-order valence-electron chi connectivity index (χ0n) is 15.6. The SMILES string of the molecule is CCCOc1[nH]c2c(c(=O)n(CCCO)c(=O)n2C)[n+]1Cc1ccccc1. The number of H-pyrrole nitrogens is 1. The molecule has 3 aromatic rings. The number of ether oxygens (including phenoxy) is 1. The lowest BCUT2D eigenvalue weighted by Gasteiger charge is -2.06. The molecule has 0 bridgehead atoms. The highest BCUT2D eigenvalue weighted by molar-refractivity contribution is 5.66. The molecule has 8 nitrogen and oxygen atoms in total. The Morgan fingerprint density at radius 3 is 2.63 bits per heavy atom. The third kappa shape index (κ3) is 3.66. The van der Waals surface area contributed by atoms with Crippen LogP contribution < -0.4 is 20.6 Å². The molecule has 0 radical (unpaired) electrons. The second-order valence-electron chi connectivity index (χ2n) is 6.42. The first kappa shape index (κ1) is 18.9. The summed E-state index contributed by atoms with van der Waals surface area (Å²) >= 11 is 0. The van der Waals surface area contributed by atoms with Crippen LogP contribution in [-0.2, 0) is 20.1 Å². The Kier molecular flexibility index (Phi) is 5.75. The van der Waals surface area contributed by atoms with Crippen molar-refractivity contribution >= 4 is 11.2 Å². The summed E-state index contributed by atoms with van der Waals surface area (Å²) in [5.74, 6) is 0. The summed E-state index contributed by atoms with van der Waals surface area (Å²) in [6.07, 6.45) is 1.16. The molecule has 2 heterocycles. The Bertz CT molecular complexity index is 1030. The summed E-state index contributed by atoms with van der Waals surface area (Å²) in [5.41, 5.74) is 1.01. The van der Waals surface area contributed by atoms with Gasteiger partial charge < -0.3 is 9.84 Å². The van der Waals surface area contributed by atoms with E-state index in [1.54, 1.807) is 11.6 Å². The van der Waals surface area contributed by atoms with Crippen LogP contribution in [0.3, 0.4) is 0 Å². The van der Waals surface area contributed by atoms with Crippen LogP contribution in [0, 0.1) is 0 Å². The van der Waals surface area contributed by atoms with E-state index in [9.17, 15) is 9.59 Å². The molecule has 0 spiro atoms. The number of hydrogen-bond acceptors (Lipinski definition) is 4. The molecule has 2 N–H and O–H groups in total. The Labute approximate surface area is 156 Å². The normalized spacial score (nSPS) is 11.2. The van der Waals surface area contributed by atoms with Gasteiger partial charge in [0.1, 0.15) is 6.54 Å². The van der Waals surface area contributed by atoms with Crippen LogP contribution in [0.15, 0.2) is 39.9 Å². The smallest absolute Gasteiger partial charge is 0.431 e. The highest BCUT2D eigenvalue weighted by Gasteiger charge is 2.27. The number of aromatic nitrogens is 4. The van der Waals surface area contributed by atoms with E-state index in [2.05, 4.69) is 4.98 Å². The fourth-order valence-electron chi connectivity index (χ4n) is 3.06. The number of aliphatic hydroxyl groups is 1. The Morgan fingerprint density at radius 2 is 1.96 bits per heavy atom. The third-order valence-corrected chi connectivity index (χ3v) is 4.43. The molecule has 8 heteroatoms. The molecule has 1 aromatic carbocycles. The van der Waals surface area contributed by atoms with Crippen molar-refractivity contribution in [3.05, 3.63) is 56.7 Å². The van der Waals surface area contributed by atoms with E-state index in [1.165, 1.54) is 4.57 Å². The second-order valence-corrected chi connectivity index (χ2v) is 6.42. The van der Waals surface area contributed by atoms with Gasteiger partial charge in [-0.25, -0.2) is 4.79 Å². The van der Waals surface area contributed by atoms with E-state index in [0.29, 0.717) is 36.7 Å². The lowest BCUT2D eigenvalue weighted by molar-refractivity contribution is -0.668. The van der Waals surface area contributed by atoms with E-state index in [1.807, 2.05) is 37.3 Å². The third-order valence-electron chi connectivity index (χ3n) is 4.43. The van der Waals surface area contributed by atoms with Crippen molar-refractivity contribution in [1.29, 1.82) is 0 Å². The first-order valence-corrected chi connectivity index (χ1v) is 9.11. The second kappa shape index (κ2) is 8.22. The van der Waals surface area contributed by atoms with Crippen molar-refractivity contribution in [2.24, 2.45) is 7.05 Å². The predicted octanol–water partition coefficient (Wildman–Crippen LogP) is 0.535. The van der Waals surface area contributed by atoms with Gasteiger partial charge in [0.15, 0.2) is 0 Å². The molecule has 0 aliphatic carbocycles. The number of aromatic amines is 1. The number of nitrogens with one attached hydrogen (secondary N) is 1. The molecular formula is C19H25N4O4+. The highest BCUT2D eigenvalue weighted by atomic mass is 16.5. The first-order valence-electron chi connectivity index (χ1n) is 9.11. The molecule has 0 aliphatic rings. The standard InChI is InChI=1S/C19H24N4O4/c1-3-12-27-18-20-16-15(23(18)13-14-8-5-4-6-9-14)17(25)22(10-7-11-24)19(26)21(16)2/h4-6,8-9,24H,3,7,10-13H2,1-2H3/p+1. The summed E-state index contributed by atoms with van der Waals surface area (Å²) in [4.78, 5) is 28.7. The molecule has 0 saturated heterocycles. The maximum absolute atomic E-state index is 13.1. The summed E-state index contributed by atoms with van der Waals surface area (Å²) in [5, 5.41) is 9.09. The molecular weight excluding hydrogens is 348 g/mol. The van der Waals surface area contributed by atoms with Crippen LogP contribution in [0.4, 0.5) is 0 Å². The number of aryl methyl sites for hydroxylation is 1. The fraction of sp³-hybridized carbons (Fsp3) is 0.421. The van der Waals surface area contributed by atoms with E-state index >= 15 is 0 Å². The average molecular weight is 373 g/mol. The molecule has 0 atom stereocenters. The van der Waals surface area contributed by atoms with Gasteiger partial charge in [0.25, 0.3) is 11.2 Å². The van der Waals surface area contributed by atoms with E-state index in [-0.39, 0.29) is 18.7 Å². The van der Waals surface area contributed by atoms with Gasteiger partial charge in [-0.1, -0.05) is 37.3 Å². The van der Waals surface area contributed by atoms with Gasteiger partial charge in [-0.15, -0.1) is 0 Å². The van der Waals surface area contributed by atoms with Gasteiger partial charge in [0.2, 0.25) is 0 Å². The number of aliphatic hydroxyl groups excluding tert-OH is 1. The molecule has 144 valence electrons. The van der Waals surface area contributed by atoms with Gasteiger partial charge in [0, 0.05) is 20.2 Å². The average Bonchev–Trinajstić information content (AvgIpc) is 3.04. The van der Waals surface area contributed by atoms with E-state index in [0.717, 1.165) is 16.6 Å². The van der Waals surface area contributed by atoms with Gasteiger partial charge >= 0.3 is 17.3 Å². The Morgan fingerprint density at radius 1 is 1.22 bits per heavy atom. The zero-order valence-corrected chi connectivity index (χ0v) is 15.6. The molecule has 0 amide bonds. The number of hydrogen-bond donors (Lipinski definition) is 2. The van der Waals surface area contributed by atoms with E-state index in [4.69, 9.17) is 9.84 Å². The van der Waals surface area contributed by atoms with Crippen molar-refractivity contribution in [2.45, 2.75) is 32.9 Å². The molecule has 0 unspecified atom stereocenters. The van der Waals surface area contributed by atoms with Gasteiger partial charge in [-0.05, 0) is 18.4 Å². The molecule has 27 heavy (non-hydrogen) atoms. The maximum atomic E-state index is 13.1. The fourth-order valence-corrected chi connectivity index (χ4v) is 3.06. The summed E-state index contributed by atoms with van der Waals surface area (Å²) in [6, 6.07) is 10.2. The van der Waals surface area contributed by atoms with Gasteiger partial charge in [0.05, 0.1) is 6.61 Å². The molecule has 0 fully saturated rings.